The van der Waals surface area contributed by atoms with Crippen molar-refractivity contribution in [3.05, 3.63) is 80.6 Å². The van der Waals surface area contributed by atoms with Gasteiger partial charge in [0, 0.05) is 29.2 Å². The molecule has 0 saturated heterocycles. The Kier molecular flexibility index (Phi) is 3.88. The Balaban J connectivity index is 1.62. The predicted octanol–water partition coefficient (Wildman–Crippen LogP) is 8.95. The summed E-state index contributed by atoms with van der Waals surface area (Å²) in [6.45, 7) is 15.2. The highest BCUT2D eigenvalue weighted by Gasteiger charge is 2.61. The molecule has 0 spiro atoms. The fraction of sp³-hybridized carbons (Fsp3) is 0.286. The van der Waals surface area contributed by atoms with Gasteiger partial charge in [-0.15, -0.1) is 22.7 Å². The van der Waals surface area contributed by atoms with Gasteiger partial charge in [0.1, 0.15) is 0 Å². The van der Waals surface area contributed by atoms with Crippen LogP contribution in [0.15, 0.2) is 59.7 Å². The zero-order valence-electron chi connectivity index (χ0n) is 19.1. The lowest BCUT2D eigenvalue weighted by molar-refractivity contribution is 0.683. The van der Waals surface area contributed by atoms with Gasteiger partial charge in [0.2, 0.25) is 0 Å². The molecule has 2 heterocycles. The number of allylic oxidation sites excluding steroid dienone is 2. The van der Waals surface area contributed by atoms with E-state index in [2.05, 4.69) is 101 Å². The van der Waals surface area contributed by atoms with Gasteiger partial charge in [-0.05, 0) is 47.9 Å². The minimum absolute atomic E-state index is 0.119. The molecule has 0 saturated carbocycles. The quantitative estimate of drug-likeness (QED) is 0.264. The van der Waals surface area contributed by atoms with Crippen molar-refractivity contribution in [2.24, 2.45) is 0 Å². The van der Waals surface area contributed by atoms with Crippen LogP contribution < -0.4 is 0 Å². The Hall–Kier alpha value is -1.94. The minimum atomic E-state index is -1.96. The summed E-state index contributed by atoms with van der Waals surface area (Å²) in [6, 6.07) is 17.9. The molecular formula is C28H28S2Si. The maximum atomic E-state index is 2.65. The van der Waals surface area contributed by atoms with Gasteiger partial charge in [0.25, 0.3) is 0 Å². The third-order valence-corrected chi connectivity index (χ3v) is 18.4. The van der Waals surface area contributed by atoms with E-state index in [0.717, 1.165) is 0 Å². The number of rotatable bonds is 2. The van der Waals surface area contributed by atoms with E-state index in [4.69, 9.17) is 0 Å². The molecule has 2 aromatic carbocycles. The topological polar surface area (TPSA) is 0 Å². The average molecular weight is 457 g/mol. The summed E-state index contributed by atoms with van der Waals surface area (Å²) in [4.78, 5) is 3.21. The van der Waals surface area contributed by atoms with Gasteiger partial charge in [0.05, 0.1) is 8.07 Å². The van der Waals surface area contributed by atoms with Gasteiger partial charge in [-0.1, -0.05) is 86.6 Å². The molecule has 3 heteroatoms. The first-order chi connectivity index (χ1) is 14.7. The highest BCUT2D eigenvalue weighted by molar-refractivity contribution is 7.21. The Bertz CT molecular complexity index is 1350. The van der Waals surface area contributed by atoms with Crippen LogP contribution in [-0.4, -0.2) is 8.07 Å². The SMILES string of the molecule is CC1=Cc2c(sc3ccccc23)C1(C)[Si](C)(C)C1(C)C(C)=Cc2c1sc1ccccc21. The minimum Gasteiger partial charge on any atom is -0.139 e. The molecule has 2 aliphatic rings. The van der Waals surface area contributed by atoms with Gasteiger partial charge in [-0.3, -0.25) is 0 Å². The summed E-state index contributed by atoms with van der Waals surface area (Å²) in [6.07, 6.45) is 5.01. The van der Waals surface area contributed by atoms with Crippen LogP contribution in [0.5, 0.6) is 0 Å². The Morgan fingerprint density at radius 3 is 1.45 bits per heavy atom. The van der Waals surface area contributed by atoms with E-state index >= 15 is 0 Å². The van der Waals surface area contributed by atoms with Crippen LogP contribution in [-0.2, 0) is 10.1 Å². The molecule has 0 amide bonds. The van der Waals surface area contributed by atoms with Crippen molar-refractivity contribution in [1.82, 2.24) is 0 Å². The van der Waals surface area contributed by atoms with Gasteiger partial charge in [-0.2, -0.15) is 0 Å². The first kappa shape index (κ1) is 19.7. The molecule has 0 radical (unpaired) electrons. The lowest BCUT2D eigenvalue weighted by atomic mass is 10.0. The predicted molar refractivity (Wildman–Crippen MR) is 143 cm³/mol. The normalized spacial score (nSPS) is 25.1. The largest absolute Gasteiger partial charge is 0.139 e. The Labute approximate surface area is 194 Å². The van der Waals surface area contributed by atoms with Crippen molar-refractivity contribution in [3.63, 3.8) is 0 Å². The molecule has 156 valence electrons. The summed E-state index contributed by atoms with van der Waals surface area (Å²) in [5.74, 6) is 0. The van der Waals surface area contributed by atoms with Gasteiger partial charge >= 0.3 is 0 Å². The van der Waals surface area contributed by atoms with Crippen molar-refractivity contribution in [3.8, 4) is 0 Å². The smallest absolute Gasteiger partial charge is 0.0812 e. The maximum Gasteiger partial charge on any atom is 0.0812 e. The van der Waals surface area contributed by atoms with Crippen LogP contribution in [0.2, 0.25) is 13.1 Å². The lowest BCUT2D eigenvalue weighted by Gasteiger charge is -2.52. The van der Waals surface area contributed by atoms with Gasteiger partial charge < -0.3 is 0 Å². The number of hydrogen-bond donors (Lipinski definition) is 0. The van der Waals surface area contributed by atoms with Crippen molar-refractivity contribution >= 4 is 63.1 Å². The zero-order valence-corrected chi connectivity index (χ0v) is 21.7. The van der Waals surface area contributed by atoms with Crippen LogP contribution in [0, 0.1) is 0 Å². The number of benzene rings is 2. The second-order valence-electron chi connectivity index (χ2n) is 10.2. The van der Waals surface area contributed by atoms with E-state index in [9.17, 15) is 0 Å². The third-order valence-electron chi connectivity index (χ3n) is 8.98. The van der Waals surface area contributed by atoms with Crippen molar-refractivity contribution < 1.29 is 0 Å². The molecule has 2 atom stereocenters. The fourth-order valence-electron chi connectivity index (χ4n) is 6.29. The van der Waals surface area contributed by atoms with Crippen molar-refractivity contribution in [2.75, 3.05) is 0 Å². The standard InChI is InChI=1S/C28H28S2Si/c1-17-15-21-19-11-7-9-13-23(19)29-25(21)27(17,3)31(5,6)28(4)18(2)16-22-20-12-8-10-14-24(20)30-26(22)28/h7-16H,1-6H3. The Morgan fingerprint density at radius 1 is 0.645 bits per heavy atom. The van der Waals surface area contributed by atoms with Crippen LogP contribution in [0.4, 0.5) is 0 Å². The molecule has 0 fully saturated rings. The second-order valence-corrected chi connectivity index (χ2v) is 17.6. The van der Waals surface area contributed by atoms with E-state index in [1.807, 2.05) is 22.7 Å². The molecule has 2 aromatic heterocycles. The Morgan fingerprint density at radius 2 is 1.03 bits per heavy atom. The van der Waals surface area contributed by atoms with Gasteiger partial charge in [0.15, 0.2) is 0 Å². The monoisotopic (exact) mass is 456 g/mol. The molecule has 6 rings (SSSR count). The van der Waals surface area contributed by atoms with Crippen LogP contribution >= 0.6 is 22.7 Å². The molecule has 2 aliphatic carbocycles. The summed E-state index contributed by atoms with van der Waals surface area (Å²) >= 11 is 4.07. The first-order valence-electron chi connectivity index (χ1n) is 11.1. The lowest BCUT2D eigenvalue weighted by Crippen LogP contribution is -2.62. The summed E-state index contributed by atoms with van der Waals surface area (Å²) in [5.41, 5.74) is 6.08. The van der Waals surface area contributed by atoms with Crippen molar-refractivity contribution in [1.29, 1.82) is 0 Å². The summed E-state index contributed by atoms with van der Waals surface area (Å²) in [7, 11) is -1.96. The van der Waals surface area contributed by atoms with Gasteiger partial charge in [-0.25, -0.2) is 0 Å². The number of fused-ring (bicyclic) bond motifs is 6. The summed E-state index contributed by atoms with van der Waals surface area (Å²) in [5, 5.41) is 3.10. The molecule has 0 nitrogen and oxygen atoms in total. The number of thiophene rings is 2. The van der Waals surface area contributed by atoms with Crippen LogP contribution in [0.25, 0.3) is 32.3 Å². The first-order valence-corrected chi connectivity index (χ1v) is 15.8. The molecule has 31 heavy (non-hydrogen) atoms. The molecule has 0 N–H and O–H groups in total. The fourth-order valence-corrected chi connectivity index (χ4v) is 15.2. The van der Waals surface area contributed by atoms with E-state index < -0.39 is 8.07 Å². The van der Waals surface area contributed by atoms with E-state index in [0.29, 0.717) is 0 Å². The maximum absolute atomic E-state index is 2.65. The highest BCUT2D eigenvalue weighted by Crippen LogP contribution is 2.62. The second kappa shape index (κ2) is 6.09. The highest BCUT2D eigenvalue weighted by atomic mass is 32.1. The molecule has 4 aromatic rings. The van der Waals surface area contributed by atoms with Crippen LogP contribution in [0.3, 0.4) is 0 Å². The molecule has 2 unspecified atom stereocenters. The van der Waals surface area contributed by atoms with E-state index in [1.165, 1.54) is 31.3 Å². The third kappa shape index (κ3) is 2.15. The average Bonchev–Trinajstić information content (AvgIpc) is 3.44. The van der Waals surface area contributed by atoms with Crippen molar-refractivity contribution in [2.45, 2.75) is 50.9 Å². The zero-order chi connectivity index (χ0) is 21.8. The van der Waals surface area contributed by atoms with E-state index in [1.54, 1.807) is 20.9 Å². The number of hydrogen-bond acceptors (Lipinski definition) is 2. The molecule has 0 aliphatic heterocycles. The molecular weight excluding hydrogens is 429 g/mol. The van der Waals surface area contributed by atoms with E-state index in [-0.39, 0.29) is 10.1 Å². The van der Waals surface area contributed by atoms with Crippen LogP contribution in [0.1, 0.15) is 48.6 Å². The summed E-state index contributed by atoms with van der Waals surface area (Å²) < 4.78 is 2.86. The molecule has 0 bridgehead atoms.